The highest BCUT2D eigenvalue weighted by Gasteiger charge is 2.22. The van der Waals surface area contributed by atoms with Crippen LogP contribution in [0.25, 0.3) is 0 Å². The number of ether oxygens (including phenoxy) is 3. The third kappa shape index (κ3) is 3.12. The van der Waals surface area contributed by atoms with Gasteiger partial charge in [-0.25, -0.2) is 0 Å². The fourth-order valence-electron chi connectivity index (χ4n) is 2.01. The quantitative estimate of drug-likeness (QED) is 0.928. The van der Waals surface area contributed by atoms with E-state index >= 15 is 0 Å². The van der Waals surface area contributed by atoms with Crippen molar-refractivity contribution in [1.29, 1.82) is 0 Å². The lowest BCUT2D eigenvalue weighted by Crippen LogP contribution is -2.34. The number of hydrogen-bond donors (Lipinski definition) is 1. The molecule has 0 amide bonds. The summed E-state index contributed by atoms with van der Waals surface area (Å²) in [6, 6.07) is 10.2. The van der Waals surface area contributed by atoms with Gasteiger partial charge in [0.05, 0.1) is 10.0 Å². The van der Waals surface area contributed by atoms with Crippen molar-refractivity contribution >= 4 is 23.2 Å². The Morgan fingerprint density at radius 2 is 1.81 bits per heavy atom. The molecular formula is C15H12Cl2O4. The molecule has 2 aromatic carbocycles. The molecule has 1 heterocycles. The molecule has 1 atom stereocenters. The number of para-hydroxylation sites is 2. The summed E-state index contributed by atoms with van der Waals surface area (Å²) < 4.78 is 17.0. The van der Waals surface area contributed by atoms with Gasteiger partial charge in [0.15, 0.2) is 23.4 Å². The fourth-order valence-corrected chi connectivity index (χ4v) is 2.59. The van der Waals surface area contributed by atoms with Crippen LogP contribution in [0.3, 0.4) is 0 Å². The van der Waals surface area contributed by atoms with Crippen LogP contribution in [0.4, 0.5) is 0 Å². The molecule has 4 nitrogen and oxygen atoms in total. The number of fused-ring (bicyclic) bond motifs is 1. The van der Waals surface area contributed by atoms with Gasteiger partial charge < -0.3 is 19.3 Å². The molecule has 0 aromatic heterocycles. The van der Waals surface area contributed by atoms with E-state index in [1.54, 1.807) is 0 Å². The smallest absolute Gasteiger partial charge is 0.166 e. The number of aromatic hydroxyl groups is 1. The molecule has 0 radical (unpaired) electrons. The standard InChI is InChI=1S/C15H12Cl2O4/c16-11-5-9(18)6-12(17)15(11)20-8-10-7-19-13-3-1-2-4-14(13)21-10/h1-6,10,18H,7-8H2. The summed E-state index contributed by atoms with van der Waals surface area (Å²) in [6.07, 6.45) is -0.263. The summed E-state index contributed by atoms with van der Waals surface area (Å²) in [6.45, 7) is 0.614. The number of hydrogen-bond acceptors (Lipinski definition) is 4. The Labute approximate surface area is 131 Å². The van der Waals surface area contributed by atoms with Gasteiger partial charge >= 0.3 is 0 Å². The second-order valence-electron chi connectivity index (χ2n) is 4.55. The molecule has 0 aliphatic carbocycles. The molecule has 6 heteroatoms. The van der Waals surface area contributed by atoms with E-state index < -0.39 is 0 Å². The van der Waals surface area contributed by atoms with E-state index in [1.165, 1.54) is 12.1 Å². The average molecular weight is 327 g/mol. The molecule has 21 heavy (non-hydrogen) atoms. The second-order valence-corrected chi connectivity index (χ2v) is 5.36. The third-order valence-electron chi connectivity index (χ3n) is 2.96. The van der Waals surface area contributed by atoms with E-state index in [9.17, 15) is 5.11 Å². The van der Waals surface area contributed by atoms with Crippen LogP contribution in [-0.2, 0) is 0 Å². The first-order valence-corrected chi connectivity index (χ1v) is 7.08. The van der Waals surface area contributed by atoms with Crippen molar-refractivity contribution in [2.75, 3.05) is 13.2 Å². The van der Waals surface area contributed by atoms with Gasteiger partial charge in [0, 0.05) is 12.1 Å². The number of halogens is 2. The van der Waals surface area contributed by atoms with E-state index in [1.807, 2.05) is 24.3 Å². The largest absolute Gasteiger partial charge is 0.508 e. The topological polar surface area (TPSA) is 47.9 Å². The van der Waals surface area contributed by atoms with Gasteiger partial charge in [-0.1, -0.05) is 35.3 Å². The minimum atomic E-state index is -0.263. The molecular weight excluding hydrogens is 315 g/mol. The molecule has 1 N–H and O–H groups in total. The first kappa shape index (κ1) is 14.2. The van der Waals surface area contributed by atoms with Crippen molar-refractivity contribution in [2.24, 2.45) is 0 Å². The van der Waals surface area contributed by atoms with Crippen molar-refractivity contribution < 1.29 is 19.3 Å². The van der Waals surface area contributed by atoms with Gasteiger partial charge in [0.25, 0.3) is 0 Å². The predicted octanol–water partition coefficient (Wildman–Crippen LogP) is 3.92. The molecule has 0 fully saturated rings. The highest BCUT2D eigenvalue weighted by Crippen LogP contribution is 2.37. The number of phenolic OH excluding ortho intramolecular Hbond substituents is 1. The summed E-state index contributed by atoms with van der Waals surface area (Å²) in [7, 11) is 0. The molecule has 2 aromatic rings. The van der Waals surface area contributed by atoms with Gasteiger partial charge in [-0.3, -0.25) is 0 Å². The Morgan fingerprint density at radius 1 is 1.14 bits per heavy atom. The lowest BCUT2D eigenvalue weighted by atomic mass is 10.2. The molecule has 1 aliphatic heterocycles. The van der Waals surface area contributed by atoms with Gasteiger partial charge in [-0.2, -0.15) is 0 Å². The Kier molecular flexibility index (Phi) is 3.99. The first-order chi connectivity index (χ1) is 10.1. The maximum absolute atomic E-state index is 9.38. The van der Waals surface area contributed by atoms with Crippen molar-refractivity contribution in [3.8, 4) is 23.0 Å². The summed E-state index contributed by atoms with van der Waals surface area (Å²) >= 11 is 12.0. The van der Waals surface area contributed by atoms with Crippen LogP contribution in [0.5, 0.6) is 23.0 Å². The minimum Gasteiger partial charge on any atom is -0.508 e. The Hall–Kier alpha value is -1.78. The molecule has 0 spiro atoms. The monoisotopic (exact) mass is 326 g/mol. The van der Waals surface area contributed by atoms with Gasteiger partial charge in [0.2, 0.25) is 0 Å². The summed E-state index contributed by atoms with van der Waals surface area (Å²) in [5.41, 5.74) is 0. The van der Waals surface area contributed by atoms with E-state index in [-0.39, 0.29) is 28.5 Å². The zero-order chi connectivity index (χ0) is 14.8. The van der Waals surface area contributed by atoms with Crippen molar-refractivity contribution in [1.82, 2.24) is 0 Å². The van der Waals surface area contributed by atoms with Gasteiger partial charge in [-0.05, 0) is 12.1 Å². The number of rotatable bonds is 3. The van der Waals surface area contributed by atoms with E-state index in [0.717, 1.165) is 5.75 Å². The van der Waals surface area contributed by atoms with E-state index in [2.05, 4.69) is 0 Å². The maximum Gasteiger partial charge on any atom is 0.166 e. The lowest BCUT2D eigenvalue weighted by molar-refractivity contribution is 0.0536. The highest BCUT2D eigenvalue weighted by atomic mass is 35.5. The van der Waals surface area contributed by atoms with Crippen LogP contribution in [-0.4, -0.2) is 24.4 Å². The van der Waals surface area contributed by atoms with Crippen LogP contribution in [0.15, 0.2) is 36.4 Å². The summed E-state index contributed by atoms with van der Waals surface area (Å²) in [4.78, 5) is 0. The van der Waals surface area contributed by atoms with E-state index in [0.29, 0.717) is 18.1 Å². The number of phenols is 1. The fraction of sp³-hybridized carbons (Fsp3) is 0.200. The maximum atomic E-state index is 9.38. The Balaban J connectivity index is 1.67. The van der Waals surface area contributed by atoms with E-state index in [4.69, 9.17) is 37.4 Å². The predicted molar refractivity (Wildman–Crippen MR) is 80.0 cm³/mol. The molecule has 0 saturated carbocycles. The molecule has 0 saturated heterocycles. The van der Waals surface area contributed by atoms with Crippen molar-refractivity contribution in [2.45, 2.75) is 6.10 Å². The second kappa shape index (κ2) is 5.92. The van der Waals surface area contributed by atoms with Crippen LogP contribution < -0.4 is 14.2 Å². The normalized spacial score (nSPS) is 16.6. The number of benzene rings is 2. The zero-order valence-corrected chi connectivity index (χ0v) is 12.4. The zero-order valence-electron chi connectivity index (χ0n) is 10.9. The molecule has 1 unspecified atom stereocenters. The highest BCUT2D eigenvalue weighted by molar-refractivity contribution is 6.37. The Bertz CT molecular complexity index is 637. The summed E-state index contributed by atoms with van der Waals surface area (Å²) in [5, 5.41) is 9.87. The van der Waals surface area contributed by atoms with Gasteiger partial charge in [-0.15, -0.1) is 0 Å². The van der Waals surface area contributed by atoms with Crippen LogP contribution in [0.2, 0.25) is 10.0 Å². The van der Waals surface area contributed by atoms with Gasteiger partial charge in [0.1, 0.15) is 19.0 Å². The third-order valence-corrected chi connectivity index (χ3v) is 3.53. The van der Waals surface area contributed by atoms with Crippen LogP contribution in [0, 0.1) is 0 Å². The molecule has 1 aliphatic rings. The summed E-state index contributed by atoms with van der Waals surface area (Å²) in [5.74, 6) is 1.71. The van der Waals surface area contributed by atoms with Crippen LogP contribution in [0.1, 0.15) is 0 Å². The minimum absolute atomic E-state index is 0.0106. The van der Waals surface area contributed by atoms with Crippen molar-refractivity contribution in [3.05, 3.63) is 46.4 Å². The van der Waals surface area contributed by atoms with Crippen molar-refractivity contribution in [3.63, 3.8) is 0 Å². The van der Waals surface area contributed by atoms with Crippen LogP contribution >= 0.6 is 23.2 Å². The first-order valence-electron chi connectivity index (χ1n) is 6.33. The Morgan fingerprint density at radius 3 is 2.52 bits per heavy atom. The SMILES string of the molecule is Oc1cc(Cl)c(OCC2COc3ccccc3O2)c(Cl)c1. The molecule has 0 bridgehead atoms. The molecule has 110 valence electrons. The lowest BCUT2D eigenvalue weighted by Gasteiger charge is -2.26. The average Bonchev–Trinajstić information content (AvgIpc) is 2.46. The molecule has 3 rings (SSSR count).